The minimum Gasteiger partial charge on any atom is -0.466 e. The van der Waals surface area contributed by atoms with E-state index in [1.807, 2.05) is 88.5 Å². The number of ether oxygens (including phenoxy) is 2. The van der Waals surface area contributed by atoms with E-state index in [2.05, 4.69) is 10.4 Å². The Hall–Kier alpha value is -4.66. The predicted octanol–water partition coefficient (Wildman–Crippen LogP) is 6.11. The summed E-state index contributed by atoms with van der Waals surface area (Å²) in [5, 5.41) is 7.37. The van der Waals surface area contributed by atoms with Gasteiger partial charge in [-0.2, -0.15) is 5.10 Å². The summed E-state index contributed by atoms with van der Waals surface area (Å²) in [7, 11) is 1.81. The third-order valence-corrected chi connectivity index (χ3v) is 7.48. The molecule has 2 aromatic heterocycles. The number of anilines is 2. The Balaban J connectivity index is 1.40. The molecule has 41 heavy (non-hydrogen) atoms. The number of hydrogen-bond acceptors (Lipinski definition) is 6. The van der Waals surface area contributed by atoms with Gasteiger partial charge in [-0.3, -0.25) is 14.4 Å². The molecule has 2 aromatic carbocycles. The number of pyridine rings is 1. The van der Waals surface area contributed by atoms with Crippen molar-refractivity contribution in [1.29, 1.82) is 0 Å². The number of nitrogens with one attached hydrogen (secondary N) is 1. The molecule has 9 heteroatoms. The van der Waals surface area contributed by atoms with Crippen LogP contribution in [-0.2, 0) is 22.1 Å². The molecule has 0 saturated heterocycles. The molecule has 0 atom stereocenters. The number of amides is 2. The van der Waals surface area contributed by atoms with Gasteiger partial charge >= 0.3 is 6.09 Å². The Morgan fingerprint density at radius 3 is 2.39 bits per heavy atom. The lowest BCUT2D eigenvalue weighted by atomic mass is 9.71. The number of hydrogen-bond donors (Lipinski definition) is 1. The monoisotopic (exact) mass is 551 g/mol. The van der Waals surface area contributed by atoms with Crippen molar-refractivity contribution in [3.63, 3.8) is 0 Å². The van der Waals surface area contributed by atoms with Crippen LogP contribution in [0.1, 0.15) is 45.6 Å². The summed E-state index contributed by atoms with van der Waals surface area (Å²) in [6.45, 7) is 5.47. The maximum Gasteiger partial charge on any atom is 0.408 e. The molecular formula is C32H33N5O4. The molecule has 1 aliphatic carbocycles. The number of alkyl carbamates (subject to hydrolysis) is 1. The summed E-state index contributed by atoms with van der Waals surface area (Å²) >= 11 is 0. The van der Waals surface area contributed by atoms with E-state index in [0.717, 1.165) is 47.2 Å². The molecule has 0 radical (unpaired) electrons. The van der Waals surface area contributed by atoms with Crippen molar-refractivity contribution >= 4 is 23.4 Å². The van der Waals surface area contributed by atoms with E-state index in [1.165, 1.54) is 0 Å². The molecule has 210 valence electrons. The normalized spacial score (nSPS) is 15.9. The van der Waals surface area contributed by atoms with Crippen molar-refractivity contribution in [2.75, 3.05) is 11.5 Å². The molecule has 0 spiro atoms. The van der Waals surface area contributed by atoms with Crippen molar-refractivity contribution in [2.45, 2.75) is 51.2 Å². The van der Waals surface area contributed by atoms with E-state index >= 15 is 0 Å². The Kier molecular flexibility index (Phi) is 6.52. The highest BCUT2D eigenvalue weighted by atomic mass is 16.6. The smallest absolute Gasteiger partial charge is 0.408 e. The number of aryl methyl sites for hydroxylation is 1. The predicted molar refractivity (Wildman–Crippen MR) is 156 cm³/mol. The van der Waals surface area contributed by atoms with Gasteiger partial charge in [0.25, 0.3) is 5.91 Å². The van der Waals surface area contributed by atoms with Crippen molar-refractivity contribution in [3.05, 3.63) is 78.6 Å². The number of fused-ring (bicyclic) bond motifs is 1. The zero-order valence-corrected chi connectivity index (χ0v) is 23.7. The van der Waals surface area contributed by atoms with E-state index in [-0.39, 0.29) is 12.5 Å². The molecule has 4 aromatic rings. The average molecular weight is 552 g/mol. The van der Waals surface area contributed by atoms with Gasteiger partial charge in [-0.25, -0.2) is 9.78 Å². The number of carbonyl (C=O) groups excluding carboxylic acids is 2. The standard InChI is InChI=1S/C32H33N5O4/c1-31(2,3)41-30(39)35-32(15-8-16-32)23-13-11-22(12-14-23)28-25(21-9-6-5-7-10-21)17-26-29(34-28)40-20-27(38)37(26)24-18-33-36(4)19-24/h5-7,9-14,17-19H,8,15-16,20H2,1-4H3,(H,35,39). The van der Waals surface area contributed by atoms with Crippen LogP contribution in [0.5, 0.6) is 5.88 Å². The highest BCUT2D eigenvalue weighted by Crippen LogP contribution is 2.45. The van der Waals surface area contributed by atoms with E-state index < -0.39 is 17.2 Å². The van der Waals surface area contributed by atoms with Gasteiger partial charge in [-0.05, 0) is 57.2 Å². The van der Waals surface area contributed by atoms with Crippen LogP contribution in [0.15, 0.2) is 73.1 Å². The van der Waals surface area contributed by atoms with Crippen LogP contribution in [-0.4, -0.2) is 39.0 Å². The topological polar surface area (TPSA) is 98.6 Å². The lowest BCUT2D eigenvalue weighted by Crippen LogP contribution is -2.52. The Morgan fingerprint density at radius 2 is 1.78 bits per heavy atom. The first-order valence-corrected chi connectivity index (χ1v) is 13.8. The SMILES string of the molecule is Cn1cc(N2C(=O)COc3nc(-c4ccc(C5(NC(=O)OC(C)(C)C)CCC5)cc4)c(-c4ccccc4)cc32)cn1. The average Bonchev–Trinajstić information content (AvgIpc) is 3.35. The quantitative estimate of drug-likeness (QED) is 0.321. The fourth-order valence-electron chi connectivity index (χ4n) is 5.41. The van der Waals surface area contributed by atoms with Crippen LogP contribution < -0.4 is 15.0 Å². The second kappa shape index (κ2) is 10.1. The lowest BCUT2D eigenvalue weighted by molar-refractivity contribution is -0.120. The molecule has 6 rings (SSSR count). The van der Waals surface area contributed by atoms with Crippen LogP contribution in [0, 0.1) is 0 Å². The largest absolute Gasteiger partial charge is 0.466 e. The molecule has 1 saturated carbocycles. The Labute approximate surface area is 239 Å². The van der Waals surface area contributed by atoms with Gasteiger partial charge in [-0.1, -0.05) is 54.6 Å². The van der Waals surface area contributed by atoms with Crippen LogP contribution in [0.25, 0.3) is 22.4 Å². The summed E-state index contributed by atoms with van der Waals surface area (Å²) in [5.41, 5.74) is 4.72. The summed E-state index contributed by atoms with van der Waals surface area (Å²) in [5.74, 6) is 0.195. The summed E-state index contributed by atoms with van der Waals surface area (Å²) in [6, 6.07) is 20.1. The first kappa shape index (κ1) is 26.6. The summed E-state index contributed by atoms with van der Waals surface area (Å²) in [6.07, 6.45) is 5.78. The highest BCUT2D eigenvalue weighted by molar-refractivity contribution is 6.05. The van der Waals surface area contributed by atoms with E-state index in [1.54, 1.807) is 22.0 Å². The maximum absolute atomic E-state index is 13.0. The molecule has 1 N–H and O–H groups in total. The fraction of sp³-hybridized carbons (Fsp3) is 0.312. The molecule has 3 heterocycles. The molecule has 1 fully saturated rings. The number of carbonyl (C=O) groups is 2. The lowest BCUT2D eigenvalue weighted by Gasteiger charge is -2.43. The third-order valence-electron chi connectivity index (χ3n) is 7.48. The zero-order valence-electron chi connectivity index (χ0n) is 23.7. The van der Waals surface area contributed by atoms with Crippen molar-refractivity contribution in [1.82, 2.24) is 20.1 Å². The van der Waals surface area contributed by atoms with Gasteiger partial charge in [-0.15, -0.1) is 0 Å². The maximum atomic E-state index is 13.0. The number of nitrogens with zero attached hydrogens (tertiary/aromatic N) is 4. The first-order valence-electron chi connectivity index (χ1n) is 13.8. The van der Waals surface area contributed by atoms with Crippen molar-refractivity contribution in [2.24, 2.45) is 7.05 Å². The third kappa shape index (κ3) is 5.15. The summed E-state index contributed by atoms with van der Waals surface area (Å²) in [4.78, 5) is 32.2. The van der Waals surface area contributed by atoms with Gasteiger partial charge in [0.05, 0.1) is 23.1 Å². The van der Waals surface area contributed by atoms with Crippen LogP contribution >= 0.6 is 0 Å². The highest BCUT2D eigenvalue weighted by Gasteiger charge is 2.41. The number of aromatic nitrogens is 3. The number of benzene rings is 2. The second-order valence-corrected chi connectivity index (χ2v) is 11.6. The van der Waals surface area contributed by atoms with Crippen molar-refractivity contribution < 1.29 is 19.1 Å². The minimum atomic E-state index is -0.565. The molecule has 2 aliphatic rings. The summed E-state index contributed by atoms with van der Waals surface area (Å²) < 4.78 is 13.0. The minimum absolute atomic E-state index is 0.114. The van der Waals surface area contributed by atoms with Crippen molar-refractivity contribution in [3.8, 4) is 28.3 Å². The number of rotatable bonds is 5. The van der Waals surface area contributed by atoms with Crippen LogP contribution in [0.2, 0.25) is 0 Å². The zero-order chi connectivity index (χ0) is 28.8. The van der Waals surface area contributed by atoms with Crippen LogP contribution in [0.3, 0.4) is 0 Å². The molecule has 0 bridgehead atoms. The van der Waals surface area contributed by atoms with E-state index in [9.17, 15) is 9.59 Å². The second-order valence-electron chi connectivity index (χ2n) is 11.6. The van der Waals surface area contributed by atoms with Gasteiger partial charge < -0.3 is 14.8 Å². The van der Waals surface area contributed by atoms with Gasteiger partial charge in [0.1, 0.15) is 11.3 Å². The molecule has 9 nitrogen and oxygen atoms in total. The van der Waals surface area contributed by atoms with Crippen LogP contribution in [0.4, 0.5) is 16.2 Å². The Bertz CT molecular complexity index is 1600. The molecular weight excluding hydrogens is 518 g/mol. The van der Waals surface area contributed by atoms with Gasteiger partial charge in [0.15, 0.2) is 6.61 Å². The fourth-order valence-corrected chi connectivity index (χ4v) is 5.41. The van der Waals surface area contributed by atoms with Gasteiger partial charge in [0, 0.05) is 24.4 Å². The molecule has 1 aliphatic heterocycles. The van der Waals surface area contributed by atoms with E-state index in [0.29, 0.717) is 17.3 Å². The first-order chi connectivity index (χ1) is 19.6. The van der Waals surface area contributed by atoms with Gasteiger partial charge in [0.2, 0.25) is 5.88 Å². The molecule has 2 amide bonds. The Morgan fingerprint density at radius 1 is 1.05 bits per heavy atom. The molecule has 0 unspecified atom stereocenters. The van der Waals surface area contributed by atoms with E-state index in [4.69, 9.17) is 14.5 Å².